The highest BCUT2D eigenvalue weighted by atomic mass is 16.5. The van der Waals surface area contributed by atoms with Gasteiger partial charge in [0.25, 0.3) is 5.91 Å². The van der Waals surface area contributed by atoms with E-state index < -0.39 is 0 Å². The second-order valence-electron chi connectivity index (χ2n) is 6.81. The Hall–Kier alpha value is -2.67. The van der Waals surface area contributed by atoms with Crippen molar-refractivity contribution < 1.29 is 9.53 Å². The molecule has 2 aromatic heterocycles. The number of benzene rings is 1. The van der Waals surface area contributed by atoms with E-state index in [2.05, 4.69) is 20.4 Å². The lowest BCUT2D eigenvalue weighted by Crippen LogP contribution is -2.35. The molecular weight excluding hydrogens is 330 g/mol. The van der Waals surface area contributed by atoms with E-state index in [0.717, 1.165) is 36.5 Å². The number of aryl methyl sites for hydroxylation is 2. The van der Waals surface area contributed by atoms with E-state index in [4.69, 9.17) is 4.74 Å². The third-order valence-electron chi connectivity index (χ3n) is 5.00. The molecule has 1 aliphatic heterocycles. The van der Waals surface area contributed by atoms with Crippen LogP contribution in [-0.2, 0) is 11.8 Å². The maximum atomic E-state index is 12.7. The molecule has 3 aromatic rings. The van der Waals surface area contributed by atoms with Gasteiger partial charge in [0, 0.05) is 32.3 Å². The molecule has 0 saturated carbocycles. The molecule has 4 rings (SSSR count). The zero-order chi connectivity index (χ0) is 18.1. The summed E-state index contributed by atoms with van der Waals surface area (Å²) in [5.74, 6) is 0.928. The number of para-hydroxylation sites is 1. The predicted octanol–water partition coefficient (Wildman–Crippen LogP) is 2.50. The summed E-state index contributed by atoms with van der Waals surface area (Å²) >= 11 is 0. The lowest BCUT2D eigenvalue weighted by molar-refractivity contribution is -0.0317. The minimum absolute atomic E-state index is 0.0417. The number of carbonyl (C=O) groups is 1. The van der Waals surface area contributed by atoms with Crippen LogP contribution in [0.15, 0.2) is 30.5 Å². The Kier molecular flexibility index (Phi) is 4.46. The van der Waals surface area contributed by atoms with E-state index in [0.29, 0.717) is 17.6 Å². The first kappa shape index (κ1) is 16.8. The molecule has 136 valence electrons. The number of ether oxygens (including phenoxy) is 1. The lowest BCUT2D eigenvalue weighted by Gasteiger charge is -2.32. The van der Waals surface area contributed by atoms with Gasteiger partial charge in [0.1, 0.15) is 17.4 Å². The second-order valence-corrected chi connectivity index (χ2v) is 6.81. The average Bonchev–Trinajstić information content (AvgIpc) is 3.24. The number of nitrogens with one attached hydrogen (secondary N) is 2. The average molecular weight is 353 g/mol. The fourth-order valence-corrected chi connectivity index (χ4v) is 3.70. The topological polar surface area (TPSA) is 84.8 Å². The lowest BCUT2D eigenvalue weighted by atomic mass is 9.92. The molecule has 3 heterocycles. The van der Waals surface area contributed by atoms with Crippen molar-refractivity contribution in [3.63, 3.8) is 0 Å². The minimum atomic E-state index is -0.101. The molecule has 1 fully saturated rings. The molecule has 1 amide bonds. The summed E-state index contributed by atoms with van der Waals surface area (Å²) in [6, 6.07) is 7.60. The molecule has 0 radical (unpaired) electrons. The molecule has 0 unspecified atom stereocenters. The molecule has 0 bridgehead atoms. The highest BCUT2D eigenvalue weighted by molar-refractivity contribution is 6.04. The van der Waals surface area contributed by atoms with Crippen LogP contribution in [0.4, 0.5) is 0 Å². The summed E-state index contributed by atoms with van der Waals surface area (Å²) in [4.78, 5) is 20.4. The van der Waals surface area contributed by atoms with E-state index in [-0.39, 0.29) is 17.9 Å². The van der Waals surface area contributed by atoms with Crippen molar-refractivity contribution in [1.29, 1.82) is 0 Å². The third kappa shape index (κ3) is 3.10. The molecule has 7 heteroatoms. The Balaban J connectivity index is 1.50. The zero-order valence-corrected chi connectivity index (χ0v) is 15.0. The first-order valence-corrected chi connectivity index (χ1v) is 8.96. The molecule has 0 aliphatic carbocycles. The van der Waals surface area contributed by atoms with Crippen LogP contribution in [0.2, 0.25) is 0 Å². The van der Waals surface area contributed by atoms with Crippen molar-refractivity contribution in [2.75, 3.05) is 13.2 Å². The molecule has 7 nitrogen and oxygen atoms in total. The van der Waals surface area contributed by atoms with Gasteiger partial charge in [-0.25, -0.2) is 4.98 Å². The second kappa shape index (κ2) is 6.92. The smallest absolute Gasteiger partial charge is 0.253 e. The molecule has 2 atom stereocenters. The van der Waals surface area contributed by atoms with E-state index >= 15 is 0 Å². The molecule has 26 heavy (non-hydrogen) atoms. The third-order valence-corrected chi connectivity index (χ3v) is 5.00. The van der Waals surface area contributed by atoms with Crippen LogP contribution < -0.4 is 5.32 Å². The fraction of sp³-hybridized carbons (Fsp3) is 0.421. The van der Waals surface area contributed by atoms with Gasteiger partial charge in [0.15, 0.2) is 0 Å². The SMILES string of the molecule is Cc1nc2c(C(=O)NC[C@@H]3CCCO[C@H]3c3ccnn3C)cccc2[nH]1. The number of hydrogen-bond acceptors (Lipinski definition) is 4. The van der Waals surface area contributed by atoms with E-state index in [1.165, 1.54) is 0 Å². The number of carbonyl (C=O) groups excluding carboxylic acids is 1. The van der Waals surface area contributed by atoms with Crippen molar-refractivity contribution in [3.05, 3.63) is 47.5 Å². The Bertz CT molecular complexity index is 929. The highest BCUT2D eigenvalue weighted by Crippen LogP contribution is 2.32. The zero-order valence-electron chi connectivity index (χ0n) is 15.0. The number of amides is 1. The quantitative estimate of drug-likeness (QED) is 0.755. The van der Waals surface area contributed by atoms with Crippen molar-refractivity contribution in [2.45, 2.75) is 25.9 Å². The monoisotopic (exact) mass is 353 g/mol. The highest BCUT2D eigenvalue weighted by Gasteiger charge is 2.30. The largest absolute Gasteiger partial charge is 0.372 e. The van der Waals surface area contributed by atoms with Gasteiger partial charge < -0.3 is 15.0 Å². The normalized spacial score (nSPS) is 20.4. The standard InChI is InChI=1S/C19H23N5O2/c1-12-22-15-7-3-6-14(17(15)23-12)19(25)20-11-13-5-4-10-26-18(13)16-8-9-21-24(16)2/h3,6-9,13,18H,4-5,10-11H2,1-2H3,(H,20,25)(H,22,23)/t13-,18+/m0/s1. The molecule has 1 saturated heterocycles. The van der Waals surface area contributed by atoms with Crippen molar-refractivity contribution in [3.8, 4) is 0 Å². The predicted molar refractivity (Wildman–Crippen MR) is 97.8 cm³/mol. The number of nitrogens with zero attached hydrogens (tertiary/aromatic N) is 3. The van der Waals surface area contributed by atoms with Crippen molar-refractivity contribution in [1.82, 2.24) is 25.1 Å². The van der Waals surface area contributed by atoms with Gasteiger partial charge in [-0.3, -0.25) is 9.48 Å². The summed E-state index contributed by atoms with van der Waals surface area (Å²) in [7, 11) is 1.92. The summed E-state index contributed by atoms with van der Waals surface area (Å²) < 4.78 is 7.84. The van der Waals surface area contributed by atoms with Gasteiger partial charge in [-0.1, -0.05) is 6.07 Å². The molecule has 0 spiro atoms. The number of fused-ring (bicyclic) bond motifs is 1. The maximum absolute atomic E-state index is 12.7. The van der Waals surface area contributed by atoms with Gasteiger partial charge in [-0.15, -0.1) is 0 Å². The number of imidazole rings is 1. The Morgan fingerprint density at radius 3 is 3.12 bits per heavy atom. The van der Waals surface area contributed by atoms with E-state index in [9.17, 15) is 4.79 Å². The van der Waals surface area contributed by atoms with Gasteiger partial charge in [0.05, 0.1) is 16.8 Å². The van der Waals surface area contributed by atoms with Crippen LogP contribution in [0.5, 0.6) is 0 Å². The number of H-pyrrole nitrogens is 1. The number of aromatic amines is 1. The molecular formula is C19H23N5O2. The fourth-order valence-electron chi connectivity index (χ4n) is 3.70. The van der Waals surface area contributed by atoms with E-state index in [1.807, 2.05) is 42.9 Å². The van der Waals surface area contributed by atoms with Gasteiger partial charge >= 0.3 is 0 Å². The Labute approximate surface area is 151 Å². The number of aromatic nitrogens is 4. The molecule has 1 aliphatic rings. The van der Waals surface area contributed by atoms with Crippen molar-refractivity contribution >= 4 is 16.9 Å². The van der Waals surface area contributed by atoms with Gasteiger partial charge in [-0.05, 0) is 38.0 Å². The van der Waals surface area contributed by atoms with Crippen LogP contribution >= 0.6 is 0 Å². The van der Waals surface area contributed by atoms with Crippen LogP contribution in [-0.4, -0.2) is 38.8 Å². The van der Waals surface area contributed by atoms with Gasteiger partial charge in [0.2, 0.25) is 0 Å². The van der Waals surface area contributed by atoms with Crippen LogP contribution in [0.3, 0.4) is 0 Å². The minimum Gasteiger partial charge on any atom is -0.372 e. The summed E-state index contributed by atoms with van der Waals surface area (Å²) in [6.45, 7) is 3.19. The Morgan fingerprint density at radius 1 is 1.42 bits per heavy atom. The summed E-state index contributed by atoms with van der Waals surface area (Å²) in [6.07, 6.45) is 3.76. The molecule has 1 aromatic carbocycles. The summed E-state index contributed by atoms with van der Waals surface area (Å²) in [5.41, 5.74) is 3.24. The van der Waals surface area contributed by atoms with Crippen molar-refractivity contribution in [2.24, 2.45) is 13.0 Å². The number of hydrogen-bond donors (Lipinski definition) is 2. The van der Waals surface area contributed by atoms with Crippen LogP contribution in [0.25, 0.3) is 11.0 Å². The summed E-state index contributed by atoms with van der Waals surface area (Å²) in [5, 5.41) is 7.32. The molecule has 2 N–H and O–H groups in total. The maximum Gasteiger partial charge on any atom is 0.253 e. The van der Waals surface area contributed by atoms with Crippen LogP contribution in [0, 0.1) is 12.8 Å². The van der Waals surface area contributed by atoms with Gasteiger partial charge in [-0.2, -0.15) is 5.10 Å². The van der Waals surface area contributed by atoms with E-state index in [1.54, 1.807) is 6.20 Å². The van der Waals surface area contributed by atoms with Crippen LogP contribution in [0.1, 0.15) is 40.8 Å². The Morgan fingerprint density at radius 2 is 2.31 bits per heavy atom. The first-order valence-electron chi connectivity index (χ1n) is 8.96. The number of rotatable bonds is 4. The first-order chi connectivity index (χ1) is 12.6.